The summed E-state index contributed by atoms with van der Waals surface area (Å²) >= 11 is 0. The van der Waals surface area contributed by atoms with Crippen molar-refractivity contribution in [3.8, 4) is 0 Å². The van der Waals surface area contributed by atoms with Crippen LogP contribution < -0.4 is 5.73 Å². The fraction of sp³-hybridized carbons (Fsp3) is 0.484. The monoisotopic (exact) mass is 561 g/mol. The number of hydrogen-bond donors (Lipinski definition) is 1. The normalized spacial score (nSPS) is 25.2. The number of aldehydes is 1. The summed E-state index contributed by atoms with van der Waals surface area (Å²) in [4.78, 5) is 32.6. The van der Waals surface area contributed by atoms with Crippen LogP contribution in [0.2, 0.25) is 0 Å². The summed E-state index contributed by atoms with van der Waals surface area (Å²) in [5.41, 5.74) is 7.58. The van der Waals surface area contributed by atoms with Gasteiger partial charge in [-0.05, 0) is 70.1 Å². The standard InChI is InChI=1S/C31H40FN7O2/c1-4-14-38(28-17-26(28)22-7-9-24(32)10-8-22)29-18-31(30(33)41,12-11-27(29)39-16-13-34-35-39)23(21-40)6-5-15-37-19-25(20-37)36(2)3/h4,7-11,13,16,18,21,23,25-26,28H,1,5-6,12,14-15,17,19-20H2,2-3H3,(H2,33,41)/t23-,26+,28-,31?/m1/s1. The molecule has 9 nitrogen and oxygen atoms in total. The molecule has 0 radical (unpaired) electrons. The second-order valence-corrected chi connectivity index (χ2v) is 11.7. The highest BCUT2D eigenvalue weighted by molar-refractivity contribution is 5.89. The van der Waals surface area contributed by atoms with Crippen molar-refractivity contribution in [3.05, 3.63) is 78.5 Å². The summed E-state index contributed by atoms with van der Waals surface area (Å²) in [5.74, 6) is -1.14. The molecule has 5 rings (SSSR count). The van der Waals surface area contributed by atoms with Crippen LogP contribution >= 0.6 is 0 Å². The predicted octanol–water partition coefficient (Wildman–Crippen LogP) is 2.90. The first-order valence-corrected chi connectivity index (χ1v) is 14.3. The number of halogens is 1. The molecule has 218 valence electrons. The van der Waals surface area contributed by atoms with Gasteiger partial charge in [0, 0.05) is 43.6 Å². The molecule has 0 bridgehead atoms. The number of carbonyl (C=O) groups excluding carboxylic acids is 2. The summed E-state index contributed by atoms with van der Waals surface area (Å²) in [7, 11) is 4.18. The summed E-state index contributed by atoms with van der Waals surface area (Å²) < 4.78 is 15.3. The average molecular weight is 562 g/mol. The maximum atomic E-state index is 13.6. The third-order valence-electron chi connectivity index (χ3n) is 8.99. The SMILES string of the molecule is C=CCN(C1=CC(C(N)=O)([C@@H](C=O)CCCN2CC(N(C)C)C2)CC=C1n1ccnn1)[C@@H]1C[C@H]1c1ccc(F)cc1. The predicted molar refractivity (Wildman–Crippen MR) is 156 cm³/mol. The second kappa shape index (κ2) is 12.1. The van der Waals surface area contributed by atoms with Gasteiger partial charge in [-0.3, -0.25) is 4.79 Å². The zero-order valence-electron chi connectivity index (χ0n) is 23.9. The minimum Gasteiger partial charge on any atom is -0.369 e. The van der Waals surface area contributed by atoms with Gasteiger partial charge in [0.25, 0.3) is 0 Å². The van der Waals surface area contributed by atoms with Gasteiger partial charge in [-0.15, -0.1) is 11.7 Å². The number of nitrogens with zero attached hydrogens (tertiary/aromatic N) is 6. The van der Waals surface area contributed by atoms with E-state index in [2.05, 4.69) is 45.7 Å². The highest BCUT2D eigenvalue weighted by atomic mass is 19.1. The molecule has 1 saturated heterocycles. The van der Waals surface area contributed by atoms with Gasteiger partial charge in [-0.1, -0.05) is 29.5 Å². The Hall–Kier alpha value is -3.63. The van der Waals surface area contributed by atoms with Gasteiger partial charge in [0.2, 0.25) is 5.91 Å². The fourth-order valence-electron chi connectivity index (χ4n) is 6.32. The minimum absolute atomic E-state index is 0.103. The third kappa shape index (κ3) is 5.90. The number of hydrogen-bond acceptors (Lipinski definition) is 7. The number of primary amides is 1. The molecule has 1 aromatic heterocycles. The topological polar surface area (TPSA) is 101 Å². The number of likely N-dealkylation sites (N-methyl/N-ethyl adjacent to an activating group) is 1. The molecule has 10 heteroatoms. The van der Waals surface area contributed by atoms with Gasteiger partial charge in [0.05, 0.1) is 29.2 Å². The Labute approximate surface area is 241 Å². The molecule has 1 unspecified atom stereocenters. The number of benzene rings is 1. The summed E-state index contributed by atoms with van der Waals surface area (Å²) in [6.45, 7) is 7.41. The highest BCUT2D eigenvalue weighted by Crippen LogP contribution is 2.50. The van der Waals surface area contributed by atoms with Crippen LogP contribution in [0.3, 0.4) is 0 Å². The van der Waals surface area contributed by atoms with Gasteiger partial charge in [0.15, 0.2) is 0 Å². The van der Waals surface area contributed by atoms with E-state index in [0.29, 0.717) is 25.4 Å². The number of nitrogens with two attached hydrogens (primary N) is 1. The molecule has 2 heterocycles. The van der Waals surface area contributed by atoms with Gasteiger partial charge < -0.3 is 25.2 Å². The molecule has 1 saturated carbocycles. The van der Waals surface area contributed by atoms with Crippen LogP contribution in [-0.4, -0.2) is 94.2 Å². The molecule has 2 aliphatic carbocycles. The first-order valence-electron chi connectivity index (χ1n) is 14.3. The van der Waals surface area contributed by atoms with E-state index in [1.807, 2.05) is 30.4 Å². The van der Waals surface area contributed by atoms with E-state index in [1.54, 1.807) is 17.1 Å². The maximum Gasteiger partial charge on any atom is 0.228 e. The molecule has 1 aliphatic heterocycles. The van der Waals surface area contributed by atoms with Crippen LogP contribution in [0, 0.1) is 17.2 Å². The quantitative estimate of drug-likeness (QED) is 0.280. The molecule has 1 amide bonds. The van der Waals surface area contributed by atoms with Crippen LogP contribution in [0.1, 0.15) is 37.2 Å². The zero-order chi connectivity index (χ0) is 29.1. The third-order valence-corrected chi connectivity index (χ3v) is 8.99. The lowest BCUT2D eigenvalue weighted by molar-refractivity contribution is -0.132. The fourth-order valence-corrected chi connectivity index (χ4v) is 6.32. The van der Waals surface area contributed by atoms with Gasteiger partial charge in [-0.2, -0.15) is 0 Å². The van der Waals surface area contributed by atoms with E-state index < -0.39 is 17.2 Å². The van der Waals surface area contributed by atoms with Crippen LogP contribution in [0.5, 0.6) is 0 Å². The first kappa shape index (κ1) is 28.9. The number of likely N-dealkylation sites (tertiary alicyclic amines) is 1. The van der Waals surface area contributed by atoms with E-state index in [-0.39, 0.29) is 17.8 Å². The van der Waals surface area contributed by atoms with Crippen LogP contribution in [0.15, 0.2) is 67.2 Å². The Morgan fingerprint density at radius 3 is 2.66 bits per heavy atom. The average Bonchev–Trinajstić information content (AvgIpc) is 3.52. The molecule has 41 heavy (non-hydrogen) atoms. The van der Waals surface area contributed by atoms with E-state index in [4.69, 9.17) is 5.73 Å². The molecular weight excluding hydrogens is 521 g/mol. The van der Waals surface area contributed by atoms with E-state index in [0.717, 1.165) is 55.7 Å². The molecule has 4 atom stereocenters. The molecule has 0 spiro atoms. The highest BCUT2D eigenvalue weighted by Gasteiger charge is 2.48. The summed E-state index contributed by atoms with van der Waals surface area (Å²) in [6.07, 6.45) is 12.5. The lowest BCUT2D eigenvalue weighted by Gasteiger charge is -2.43. The van der Waals surface area contributed by atoms with E-state index in [1.165, 1.54) is 12.1 Å². The Balaban J connectivity index is 1.42. The number of allylic oxidation sites excluding steroid dienone is 2. The Morgan fingerprint density at radius 2 is 2.05 bits per heavy atom. The van der Waals surface area contributed by atoms with Gasteiger partial charge in [-0.25, -0.2) is 9.07 Å². The van der Waals surface area contributed by atoms with Crippen LogP contribution in [0.4, 0.5) is 4.39 Å². The van der Waals surface area contributed by atoms with E-state index in [9.17, 15) is 14.0 Å². The van der Waals surface area contributed by atoms with Gasteiger partial charge >= 0.3 is 0 Å². The van der Waals surface area contributed by atoms with E-state index >= 15 is 0 Å². The number of carbonyl (C=O) groups is 2. The lowest BCUT2D eigenvalue weighted by atomic mass is 9.68. The maximum absolute atomic E-state index is 13.6. The lowest BCUT2D eigenvalue weighted by Crippen LogP contribution is -2.57. The second-order valence-electron chi connectivity index (χ2n) is 11.7. The van der Waals surface area contributed by atoms with Crippen molar-refractivity contribution in [1.29, 1.82) is 0 Å². The minimum atomic E-state index is -1.16. The Morgan fingerprint density at radius 1 is 1.29 bits per heavy atom. The smallest absolute Gasteiger partial charge is 0.228 e. The molecule has 2 fully saturated rings. The molecule has 3 aliphatic rings. The largest absolute Gasteiger partial charge is 0.369 e. The van der Waals surface area contributed by atoms with Crippen molar-refractivity contribution in [2.75, 3.05) is 40.3 Å². The molecule has 2 aromatic rings. The number of rotatable bonds is 14. The summed E-state index contributed by atoms with van der Waals surface area (Å²) in [6, 6.07) is 7.28. The first-order chi connectivity index (χ1) is 19.8. The zero-order valence-corrected chi connectivity index (χ0v) is 23.9. The van der Waals surface area contributed by atoms with Crippen molar-refractivity contribution in [3.63, 3.8) is 0 Å². The number of aromatic nitrogens is 3. The molecule has 2 N–H and O–H groups in total. The van der Waals surface area contributed by atoms with Crippen molar-refractivity contribution in [2.24, 2.45) is 17.1 Å². The van der Waals surface area contributed by atoms with Crippen molar-refractivity contribution < 1.29 is 14.0 Å². The van der Waals surface area contributed by atoms with Crippen LogP contribution in [0.25, 0.3) is 5.70 Å². The van der Waals surface area contributed by atoms with Crippen LogP contribution in [-0.2, 0) is 9.59 Å². The van der Waals surface area contributed by atoms with Crippen molar-refractivity contribution in [1.82, 2.24) is 29.7 Å². The Kier molecular flexibility index (Phi) is 8.51. The summed E-state index contributed by atoms with van der Waals surface area (Å²) in [5, 5.41) is 8.22. The van der Waals surface area contributed by atoms with Gasteiger partial charge in [0.1, 0.15) is 12.1 Å². The van der Waals surface area contributed by atoms with Crippen molar-refractivity contribution in [2.45, 2.75) is 43.7 Å². The molecular formula is C31H40FN7O2. The van der Waals surface area contributed by atoms with Crippen molar-refractivity contribution >= 4 is 17.9 Å². The Bertz CT molecular complexity index is 1300. The number of amides is 1. The molecule has 1 aromatic carbocycles.